The number of methoxy groups -OCH3 is 1. The highest BCUT2D eigenvalue weighted by molar-refractivity contribution is 7.22. The van der Waals surface area contributed by atoms with Gasteiger partial charge in [-0.25, -0.2) is 4.98 Å². The summed E-state index contributed by atoms with van der Waals surface area (Å²) in [6, 6.07) is 18.5. The predicted octanol–water partition coefficient (Wildman–Crippen LogP) is 5.89. The molecule has 4 aromatic rings. The average Bonchev–Trinajstić information content (AvgIpc) is 3.37. The minimum atomic E-state index is -0.870. The number of benzene rings is 3. The van der Waals surface area contributed by atoms with Gasteiger partial charge in [0.15, 0.2) is 5.13 Å². The van der Waals surface area contributed by atoms with Crippen molar-refractivity contribution in [2.45, 2.75) is 13.0 Å². The van der Waals surface area contributed by atoms with Crippen molar-refractivity contribution in [1.82, 2.24) is 4.98 Å². The number of hydrogen-bond acceptors (Lipinski definition) is 6. The zero-order valence-electron chi connectivity index (χ0n) is 18.3. The summed E-state index contributed by atoms with van der Waals surface area (Å²) in [5.74, 6) is -1.30. The second-order valence-electron chi connectivity index (χ2n) is 7.92. The summed E-state index contributed by atoms with van der Waals surface area (Å²) in [6.45, 7) is 1.98. The van der Waals surface area contributed by atoms with E-state index in [-0.39, 0.29) is 11.3 Å². The molecule has 8 heteroatoms. The third kappa shape index (κ3) is 3.73. The third-order valence-electron chi connectivity index (χ3n) is 5.71. The molecule has 34 heavy (non-hydrogen) atoms. The maximum Gasteiger partial charge on any atom is 0.301 e. The van der Waals surface area contributed by atoms with Crippen LogP contribution in [0.2, 0.25) is 5.02 Å². The lowest BCUT2D eigenvalue weighted by Gasteiger charge is -2.23. The van der Waals surface area contributed by atoms with Crippen LogP contribution in [0.4, 0.5) is 5.13 Å². The lowest BCUT2D eigenvalue weighted by molar-refractivity contribution is -0.132. The quantitative estimate of drug-likeness (QED) is 0.219. The maximum absolute atomic E-state index is 13.3. The van der Waals surface area contributed by atoms with Gasteiger partial charge in [0.1, 0.15) is 11.5 Å². The van der Waals surface area contributed by atoms with E-state index in [1.54, 1.807) is 48.5 Å². The summed E-state index contributed by atoms with van der Waals surface area (Å²) in [6.07, 6.45) is 0. The van der Waals surface area contributed by atoms with Gasteiger partial charge < -0.3 is 9.84 Å². The minimum absolute atomic E-state index is 0.0176. The Hall–Kier alpha value is -3.68. The highest BCUT2D eigenvalue weighted by atomic mass is 35.5. The number of halogens is 1. The predicted molar refractivity (Wildman–Crippen MR) is 134 cm³/mol. The van der Waals surface area contributed by atoms with Crippen LogP contribution in [0.25, 0.3) is 16.0 Å². The smallest absolute Gasteiger partial charge is 0.301 e. The number of Topliss-reactive ketones (excluding diaryl/α,β-unsaturated/α-hetero) is 1. The van der Waals surface area contributed by atoms with Crippen LogP contribution in [0.1, 0.15) is 22.7 Å². The van der Waals surface area contributed by atoms with Crippen LogP contribution in [0.15, 0.2) is 72.3 Å². The van der Waals surface area contributed by atoms with Gasteiger partial charge in [0.25, 0.3) is 5.78 Å². The number of aliphatic hydroxyl groups excluding tert-OH is 1. The van der Waals surface area contributed by atoms with Crippen molar-refractivity contribution in [3.8, 4) is 5.75 Å². The Kier molecular flexibility index (Phi) is 5.59. The van der Waals surface area contributed by atoms with Crippen molar-refractivity contribution in [2.24, 2.45) is 0 Å². The van der Waals surface area contributed by atoms with Gasteiger partial charge in [0.2, 0.25) is 0 Å². The molecule has 0 bridgehead atoms. The number of hydrogen-bond donors (Lipinski definition) is 1. The Labute approximate surface area is 204 Å². The fourth-order valence-corrected chi connectivity index (χ4v) is 5.26. The number of anilines is 1. The summed E-state index contributed by atoms with van der Waals surface area (Å²) in [5.41, 5.74) is 2.78. The molecule has 1 aromatic heterocycles. The molecule has 3 aromatic carbocycles. The first kappa shape index (κ1) is 22.1. The van der Waals surface area contributed by atoms with Crippen LogP contribution in [-0.2, 0) is 9.59 Å². The number of aliphatic hydroxyl groups is 1. The highest BCUT2D eigenvalue weighted by Gasteiger charge is 2.48. The Morgan fingerprint density at radius 2 is 1.85 bits per heavy atom. The first-order valence-electron chi connectivity index (χ1n) is 10.5. The summed E-state index contributed by atoms with van der Waals surface area (Å²) >= 11 is 7.42. The molecule has 2 heterocycles. The largest absolute Gasteiger partial charge is 0.507 e. The van der Waals surface area contributed by atoms with Gasteiger partial charge in [-0.15, -0.1) is 0 Å². The van der Waals surface area contributed by atoms with E-state index in [4.69, 9.17) is 16.3 Å². The Balaban J connectivity index is 1.73. The van der Waals surface area contributed by atoms with Gasteiger partial charge in [-0.05, 0) is 54.4 Å². The van der Waals surface area contributed by atoms with Crippen molar-refractivity contribution >= 4 is 55.7 Å². The molecule has 1 saturated heterocycles. The number of nitrogens with zero attached hydrogens (tertiary/aromatic N) is 2. The van der Waals surface area contributed by atoms with Crippen LogP contribution < -0.4 is 9.64 Å². The second-order valence-corrected chi connectivity index (χ2v) is 9.37. The van der Waals surface area contributed by atoms with E-state index >= 15 is 0 Å². The Morgan fingerprint density at radius 1 is 1.09 bits per heavy atom. The molecule has 1 aliphatic heterocycles. The maximum atomic E-state index is 13.3. The van der Waals surface area contributed by atoms with Crippen molar-refractivity contribution < 1.29 is 19.4 Å². The number of ether oxygens (including phenoxy) is 1. The molecule has 0 spiro atoms. The Morgan fingerprint density at radius 3 is 2.59 bits per heavy atom. The van der Waals surface area contributed by atoms with Crippen LogP contribution in [0.3, 0.4) is 0 Å². The van der Waals surface area contributed by atoms with Gasteiger partial charge >= 0.3 is 5.91 Å². The molecule has 1 atom stereocenters. The molecular formula is C26H19ClN2O4S. The molecule has 6 nitrogen and oxygen atoms in total. The summed E-state index contributed by atoms with van der Waals surface area (Å²) in [7, 11) is 1.51. The number of ketones is 1. The van der Waals surface area contributed by atoms with Crippen molar-refractivity contribution in [3.05, 3.63) is 94.0 Å². The zero-order valence-corrected chi connectivity index (χ0v) is 19.9. The number of amides is 1. The monoisotopic (exact) mass is 490 g/mol. The SMILES string of the molecule is COc1cccc(/C(O)=C2\C(=O)C(=O)N(c3nc4ccc(C)cc4s3)[C@@H]2c2ccc(Cl)cc2)c1. The van der Waals surface area contributed by atoms with Crippen molar-refractivity contribution in [1.29, 1.82) is 0 Å². The number of thiazole rings is 1. The third-order valence-corrected chi connectivity index (χ3v) is 6.98. The van der Waals surface area contributed by atoms with E-state index in [0.717, 1.165) is 15.8 Å². The number of carbonyl (C=O) groups excluding carboxylic acids is 2. The molecule has 5 rings (SSSR count). The number of fused-ring (bicyclic) bond motifs is 1. The number of rotatable bonds is 4. The fraction of sp³-hybridized carbons (Fsp3) is 0.115. The molecule has 170 valence electrons. The highest BCUT2D eigenvalue weighted by Crippen LogP contribution is 2.44. The van der Waals surface area contributed by atoms with E-state index in [0.29, 0.717) is 27.0 Å². The number of aromatic nitrogens is 1. The molecule has 1 amide bonds. The van der Waals surface area contributed by atoms with E-state index in [2.05, 4.69) is 4.98 Å². The topological polar surface area (TPSA) is 79.7 Å². The molecule has 1 aliphatic rings. The van der Waals surface area contributed by atoms with Gasteiger partial charge in [0.05, 0.1) is 28.9 Å². The summed E-state index contributed by atoms with van der Waals surface area (Å²) in [4.78, 5) is 32.6. The molecule has 0 saturated carbocycles. The standard InChI is InChI=1S/C26H19ClN2O4S/c1-14-6-11-19-20(12-14)34-26(28-19)29-22(15-7-9-17(27)10-8-15)21(24(31)25(29)32)23(30)16-4-3-5-18(13-16)33-2/h3-13,22,30H,1-2H3/b23-21+/t22-/m1/s1. The summed E-state index contributed by atoms with van der Waals surface area (Å²) < 4.78 is 6.16. The fourth-order valence-electron chi connectivity index (χ4n) is 4.04. The molecular weight excluding hydrogens is 472 g/mol. The Bertz CT molecular complexity index is 1480. The average molecular weight is 491 g/mol. The number of carbonyl (C=O) groups is 2. The second kappa shape index (κ2) is 8.59. The van der Waals surface area contributed by atoms with Crippen LogP contribution in [0.5, 0.6) is 5.75 Å². The zero-order chi connectivity index (χ0) is 24.0. The van der Waals surface area contributed by atoms with Gasteiger partial charge in [0, 0.05) is 10.6 Å². The first-order valence-corrected chi connectivity index (χ1v) is 11.6. The van der Waals surface area contributed by atoms with E-state index < -0.39 is 17.7 Å². The van der Waals surface area contributed by atoms with Crippen LogP contribution in [-0.4, -0.2) is 28.9 Å². The van der Waals surface area contributed by atoms with Crippen molar-refractivity contribution in [3.63, 3.8) is 0 Å². The van der Waals surface area contributed by atoms with Gasteiger partial charge in [-0.1, -0.05) is 53.3 Å². The normalized spacial score (nSPS) is 17.5. The van der Waals surface area contributed by atoms with Gasteiger partial charge in [-0.2, -0.15) is 0 Å². The summed E-state index contributed by atoms with van der Waals surface area (Å²) in [5, 5.41) is 12.1. The number of aryl methyl sites for hydroxylation is 1. The van der Waals surface area contributed by atoms with E-state index in [9.17, 15) is 14.7 Å². The molecule has 1 fully saturated rings. The van der Waals surface area contributed by atoms with E-state index in [1.165, 1.54) is 23.3 Å². The van der Waals surface area contributed by atoms with Crippen molar-refractivity contribution in [2.75, 3.05) is 12.0 Å². The molecule has 0 radical (unpaired) electrons. The minimum Gasteiger partial charge on any atom is -0.507 e. The van der Waals surface area contributed by atoms with Gasteiger partial charge in [-0.3, -0.25) is 14.5 Å². The molecule has 1 N–H and O–H groups in total. The molecule has 0 unspecified atom stereocenters. The molecule has 0 aliphatic carbocycles. The van der Waals surface area contributed by atoms with Crippen LogP contribution >= 0.6 is 22.9 Å². The first-order chi connectivity index (χ1) is 16.4. The lowest BCUT2D eigenvalue weighted by atomic mass is 9.95. The lowest BCUT2D eigenvalue weighted by Crippen LogP contribution is -2.29. The van der Waals surface area contributed by atoms with Crippen LogP contribution in [0, 0.1) is 6.92 Å². The van der Waals surface area contributed by atoms with E-state index in [1.807, 2.05) is 25.1 Å².